The van der Waals surface area contributed by atoms with E-state index < -0.39 is 12.4 Å². The predicted octanol–water partition coefficient (Wildman–Crippen LogP) is -0.135. The highest BCUT2D eigenvalue weighted by molar-refractivity contribution is 5.99. The lowest BCUT2D eigenvalue weighted by molar-refractivity contribution is -0.162. The molecule has 2 atom stereocenters. The molecular weight excluding hydrogens is 160 g/mol. The molecule has 0 aromatic carbocycles. The maximum Gasteiger partial charge on any atom is 0.189 e. The van der Waals surface area contributed by atoms with Crippen LogP contribution in [-0.2, 0) is 14.3 Å². The zero-order valence-electron chi connectivity index (χ0n) is 7.11. The van der Waals surface area contributed by atoms with Crippen molar-refractivity contribution in [3.8, 4) is 0 Å². The van der Waals surface area contributed by atoms with Gasteiger partial charge >= 0.3 is 0 Å². The number of hydrogen-bond donors (Lipinski definition) is 1. The van der Waals surface area contributed by atoms with E-state index >= 15 is 0 Å². The summed E-state index contributed by atoms with van der Waals surface area (Å²) in [6.45, 7) is 1.38. The Labute approximate surface area is 70.8 Å². The van der Waals surface area contributed by atoms with Gasteiger partial charge in [0.05, 0.1) is 6.61 Å². The van der Waals surface area contributed by atoms with Gasteiger partial charge in [-0.05, 0) is 18.6 Å². The SMILES string of the molecule is COC1C=C(C)C(=O)C(CO)O1. The van der Waals surface area contributed by atoms with E-state index in [1.807, 2.05) is 0 Å². The average molecular weight is 172 g/mol. The molecule has 0 radical (unpaired) electrons. The van der Waals surface area contributed by atoms with E-state index in [0.29, 0.717) is 5.57 Å². The van der Waals surface area contributed by atoms with E-state index in [-0.39, 0.29) is 12.4 Å². The van der Waals surface area contributed by atoms with Crippen molar-refractivity contribution in [2.45, 2.75) is 19.3 Å². The Bertz CT molecular complexity index is 209. The van der Waals surface area contributed by atoms with E-state index in [0.717, 1.165) is 0 Å². The second kappa shape index (κ2) is 3.80. The molecule has 0 saturated heterocycles. The van der Waals surface area contributed by atoms with Gasteiger partial charge in [0.1, 0.15) is 6.10 Å². The van der Waals surface area contributed by atoms with Gasteiger partial charge in [-0.15, -0.1) is 0 Å². The van der Waals surface area contributed by atoms with Gasteiger partial charge in [-0.3, -0.25) is 4.79 Å². The Morgan fingerprint density at radius 3 is 2.92 bits per heavy atom. The zero-order chi connectivity index (χ0) is 9.14. The maximum absolute atomic E-state index is 11.2. The van der Waals surface area contributed by atoms with Gasteiger partial charge < -0.3 is 14.6 Å². The Hall–Kier alpha value is -0.710. The fourth-order valence-electron chi connectivity index (χ4n) is 1.05. The molecule has 0 spiro atoms. The summed E-state index contributed by atoms with van der Waals surface area (Å²) >= 11 is 0. The first kappa shape index (κ1) is 9.38. The molecule has 0 fully saturated rings. The number of methoxy groups -OCH3 is 1. The Morgan fingerprint density at radius 1 is 1.75 bits per heavy atom. The van der Waals surface area contributed by atoms with Gasteiger partial charge in [0.25, 0.3) is 0 Å². The van der Waals surface area contributed by atoms with Crippen LogP contribution in [-0.4, -0.2) is 37.0 Å². The molecule has 4 heteroatoms. The number of carbonyl (C=O) groups is 1. The molecule has 0 aromatic rings. The molecule has 4 nitrogen and oxygen atoms in total. The highest BCUT2D eigenvalue weighted by Gasteiger charge is 2.27. The quantitative estimate of drug-likeness (QED) is 0.630. The summed E-state index contributed by atoms with van der Waals surface area (Å²) < 4.78 is 9.95. The van der Waals surface area contributed by atoms with Gasteiger partial charge in [-0.25, -0.2) is 0 Å². The second-order valence-corrected chi connectivity index (χ2v) is 2.63. The molecule has 1 aliphatic heterocycles. The molecule has 0 aliphatic carbocycles. The molecule has 2 unspecified atom stereocenters. The molecule has 0 bridgehead atoms. The summed E-state index contributed by atoms with van der Waals surface area (Å²) in [7, 11) is 1.48. The minimum Gasteiger partial charge on any atom is -0.393 e. The summed E-state index contributed by atoms with van der Waals surface area (Å²) in [6, 6.07) is 0. The van der Waals surface area contributed by atoms with Gasteiger partial charge in [0.15, 0.2) is 12.1 Å². The third kappa shape index (κ3) is 1.72. The topological polar surface area (TPSA) is 55.8 Å². The molecule has 1 rings (SSSR count). The van der Waals surface area contributed by atoms with Crippen LogP contribution >= 0.6 is 0 Å². The predicted molar refractivity (Wildman–Crippen MR) is 41.5 cm³/mol. The van der Waals surface area contributed by atoms with Crippen molar-refractivity contribution < 1.29 is 19.4 Å². The second-order valence-electron chi connectivity index (χ2n) is 2.63. The first-order valence-electron chi connectivity index (χ1n) is 3.70. The molecule has 0 amide bonds. The maximum atomic E-state index is 11.2. The number of carbonyl (C=O) groups excluding carboxylic acids is 1. The minimum atomic E-state index is -0.764. The summed E-state index contributed by atoms with van der Waals surface area (Å²) in [4.78, 5) is 11.2. The van der Waals surface area contributed by atoms with E-state index in [1.165, 1.54) is 7.11 Å². The third-order valence-corrected chi connectivity index (χ3v) is 1.76. The fraction of sp³-hybridized carbons (Fsp3) is 0.625. The highest BCUT2D eigenvalue weighted by atomic mass is 16.7. The molecule has 0 aromatic heterocycles. The van der Waals surface area contributed by atoms with Crippen LogP contribution in [0.4, 0.5) is 0 Å². The number of aliphatic hydroxyl groups is 1. The van der Waals surface area contributed by atoms with Gasteiger partial charge in [0.2, 0.25) is 0 Å². The van der Waals surface area contributed by atoms with E-state index in [9.17, 15) is 4.79 Å². The molecule has 1 heterocycles. The van der Waals surface area contributed by atoms with E-state index in [4.69, 9.17) is 14.6 Å². The van der Waals surface area contributed by atoms with Crippen molar-refractivity contribution >= 4 is 5.78 Å². The lowest BCUT2D eigenvalue weighted by atomic mass is 10.1. The number of hydrogen-bond acceptors (Lipinski definition) is 4. The van der Waals surface area contributed by atoms with Crippen molar-refractivity contribution in [1.82, 2.24) is 0 Å². The van der Waals surface area contributed by atoms with Crippen LogP contribution in [0, 0.1) is 0 Å². The Morgan fingerprint density at radius 2 is 2.42 bits per heavy atom. The summed E-state index contributed by atoms with van der Waals surface area (Å²) in [5.41, 5.74) is 0.576. The number of Topliss-reactive ketones (excluding diaryl/α,β-unsaturated/α-hetero) is 1. The van der Waals surface area contributed by atoms with Crippen molar-refractivity contribution in [2.24, 2.45) is 0 Å². The normalized spacial score (nSPS) is 30.2. The third-order valence-electron chi connectivity index (χ3n) is 1.76. The molecule has 68 valence electrons. The van der Waals surface area contributed by atoms with Crippen LogP contribution in [0.2, 0.25) is 0 Å². The number of ether oxygens (including phenoxy) is 2. The highest BCUT2D eigenvalue weighted by Crippen LogP contribution is 2.15. The first-order chi connectivity index (χ1) is 5.69. The molecule has 0 saturated carbocycles. The molecular formula is C8H12O4. The standard InChI is InChI=1S/C8H12O4/c1-5-3-7(11-2)12-6(4-9)8(5)10/h3,6-7,9H,4H2,1-2H3. The average Bonchev–Trinajstić information content (AvgIpc) is 2.09. The van der Waals surface area contributed by atoms with E-state index in [1.54, 1.807) is 13.0 Å². The van der Waals surface area contributed by atoms with Crippen LogP contribution < -0.4 is 0 Å². The number of rotatable bonds is 2. The lowest BCUT2D eigenvalue weighted by Gasteiger charge is -2.24. The fourth-order valence-corrected chi connectivity index (χ4v) is 1.05. The van der Waals surface area contributed by atoms with Crippen LogP contribution in [0.1, 0.15) is 6.92 Å². The van der Waals surface area contributed by atoms with Crippen LogP contribution in [0.5, 0.6) is 0 Å². The van der Waals surface area contributed by atoms with Gasteiger partial charge in [-0.2, -0.15) is 0 Å². The smallest absolute Gasteiger partial charge is 0.189 e. The van der Waals surface area contributed by atoms with Crippen molar-refractivity contribution in [3.05, 3.63) is 11.6 Å². The van der Waals surface area contributed by atoms with Crippen LogP contribution in [0.25, 0.3) is 0 Å². The van der Waals surface area contributed by atoms with Crippen LogP contribution in [0.15, 0.2) is 11.6 Å². The van der Waals surface area contributed by atoms with Gasteiger partial charge in [0, 0.05) is 7.11 Å². The lowest BCUT2D eigenvalue weighted by Crippen LogP contribution is -2.37. The first-order valence-corrected chi connectivity index (χ1v) is 3.70. The van der Waals surface area contributed by atoms with Gasteiger partial charge in [-0.1, -0.05) is 0 Å². The number of ketones is 1. The van der Waals surface area contributed by atoms with Crippen molar-refractivity contribution in [3.63, 3.8) is 0 Å². The summed E-state index contributed by atoms with van der Waals surface area (Å²) in [5, 5.41) is 8.76. The Balaban J connectivity index is 2.76. The largest absolute Gasteiger partial charge is 0.393 e. The molecule has 1 aliphatic rings. The summed E-state index contributed by atoms with van der Waals surface area (Å²) in [5.74, 6) is -0.175. The zero-order valence-corrected chi connectivity index (χ0v) is 7.11. The monoisotopic (exact) mass is 172 g/mol. The van der Waals surface area contributed by atoms with Crippen LogP contribution in [0.3, 0.4) is 0 Å². The van der Waals surface area contributed by atoms with Crippen molar-refractivity contribution in [1.29, 1.82) is 0 Å². The van der Waals surface area contributed by atoms with Crippen molar-refractivity contribution in [2.75, 3.05) is 13.7 Å². The minimum absolute atomic E-state index is 0.175. The van der Waals surface area contributed by atoms with E-state index in [2.05, 4.69) is 0 Å². The molecule has 12 heavy (non-hydrogen) atoms. The summed E-state index contributed by atoms with van der Waals surface area (Å²) in [6.07, 6.45) is 0.314. The molecule has 1 N–H and O–H groups in total. The Kier molecular flexibility index (Phi) is 2.97. The number of aliphatic hydroxyl groups excluding tert-OH is 1.